The van der Waals surface area contributed by atoms with Crippen molar-refractivity contribution in [3.05, 3.63) is 42.3 Å². The van der Waals surface area contributed by atoms with Crippen LogP contribution < -0.4 is 0 Å². The van der Waals surface area contributed by atoms with E-state index in [1.54, 1.807) is 6.08 Å². The van der Waals surface area contributed by atoms with E-state index in [4.69, 9.17) is 0 Å². The van der Waals surface area contributed by atoms with E-state index in [0.717, 1.165) is 43.5 Å². The monoisotopic (exact) mass is 299 g/mol. The first-order valence-corrected chi connectivity index (χ1v) is 8.52. The summed E-state index contributed by atoms with van der Waals surface area (Å²) in [6.45, 7) is 15.3. The van der Waals surface area contributed by atoms with Crippen LogP contribution in [0.15, 0.2) is 47.3 Å². The Morgan fingerprint density at radius 3 is 2.68 bits per heavy atom. The third-order valence-corrected chi connectivity index (χ3v) is 4.57. The Bertz CT molecular complexity index is 479. The predicted molar refractivity (Wildman–Crippen MR) is 95.4 cm³/mol. The number of hydrogen-bond donors (Lipinski definition) is 0. The van der Waals surface area contributed by atoms with Gasteiger partial charge in [-0.15, -0.1) is 5.73 Å². The average molecular weight is 299 g/mol. The topological polar surface area (TPSA) is 18.8 Å². The summed E-state index contributed by atoms with van der Waals surface area (Å²) in [5.41, 5.74) is 5.25. The van der Waals surface area contributed by atoms with Crippen molar-refractivity contribution in [2.24, 2.45) is 4.99 Å². The van der Waals surface area contributed by atoms with Gasteiger partial charge in [0.2, 0.25) is 0 Å². The van der Waals surface area contributed by atoms with Crippen LogP contribution in [0.2, 0.25) is 0 Å². The van der Waals surface area contributed by atoms with E-state index in [1.807, 2.05) is 19.2 Å². The van der Waals surface area contributed by atoms with Gasteiger partial charge in [-0.1, -0.05) is 25.7 Å². The fourth-order valence-electron chi connectivity index (χ4n) is 3.02. The molecule has 0 atom stereocenters. The van der Waals surface area contributed by atoms with Crippen LogP contribution in [0.25, 0.3) is 0 Å². The minimum absolute atomic E-state index is 0.780. The smallest absolute Gasteiger partial charge is 0.0570 e. The Kier molecular flexibility index (Phi) is 6.70. The van der Waals surface area contributed by atoms with Crippen LogP contribution in [0, 0.1) is 0 Å². The van der Waals surface area contributed by atoms with Crippen LogP contribution in [0.3, 0.4) is 0 Å². The molecule has 0 aromatic heterocycles. The summed E-state index contributed by atoms with van der Waals surface area (Å²) >= 11 is 0. The molecule has 0 radical (unpaired) electrons. The van der Waals surface area contributed by atoms with Gasteiger partial charge in [0.15, 0.2) is 0 Å². The first-order valence-electron chi connectivity index (χ1n) is 8.52. The molecule has 0 bridgehead atoms. The van der Waals surface area contributed by atoms with Crippen molar-refractivity contribution in [2.45, 2.75) is 38.6 Å². The van der Waals surface area contributed by atoms with E-state index < -0.39 is 0 Å². The molecule has 0 spiro atoms. The molecule has 1 aliphatic heterocycles. The molecule has 2 fully saturated rings. The van der Waals surface area contributed by atoms with Gasteiger partial charge in [-0.25, -0.2) is 0 Å². The van der Waals surface area contributed by atoms with Crippen molar-refractivity contribution >= 4 is 6.21 Å². The van der Waals surface area contributed by atoms with Crippen molar-refractivity contribution in [1.82, 2.24) is 9.80 Å². The first-order chi connectivity index (χ1) is 10.8. The summed E-state index contributed by atoms with van der Waals surface area (Å²) in [6.07, 6.45) is 10.9. The average Bonchev–Trinajstić information content (AvgIpc) is 2.71. The Balaban J connectivity index is 2.01. The molecule has 22 heavy (non-hydrogen) atoms. The lowest BCUT2D eigenvalue weighted by atomic mass is 9.91. The molecule has 1 heterocycles. The Labute approximate surface area is 135 Å². The maximum atomic E-state index is 4.35. The zero-order valence-electron chi connectivity index (χ0n) is 13.9. The summed E-state index contributed by atoms with van der Waals surface area (Å²) < 4.78 is 0. The number of rotatable bonds is 6. The molecule has 0 amide bonds. The minimum atomic E-state index is 0.780. The molecule has 2 rings (SSSR count). The van der Waals surface area contributed by atoms with Crippen LogP contribution in [0.5, 0.6) is 0 Å². The minimum Gasteiger partial charge on any atom is -0.370 e. The van der Waals surface area contributed by atoms with Gasteiger partial charge in [-0.05, 0) is 32.3 Å². The van der Waals surface area contributed by atoms with E-state index in [-0.39, 0.29) is 0 Å². The summed E-state index contributed by atoms with van der Waals surface area (Å²) in [4.78, 5) is 9.41. The van der Waals surface area contributed by atoms with Crippen LogP contribution in [0.4, 0.5) is 0 Å². The normalized spacial score (nSPS) is 20.1. The highest BCUT2D eigenvalue weighted by Gasteiger charge is 2.26. The van der Waals surface area contributed by atoms with Crippen LogP contribution in [-0.4, -0.2) is 54.8 Å². The highest BCUT2D eigenvalue weighted by atomic mass is 15.2. The standard InChI is InChI=1S/C19H29N3/c1-4-6-9-18(16-20-5-2)17(3)21-12-8-13-22(15-14-21)19-10-7-11-19/h4,6,16,19H,1,3,5,7-8,10-15H2,2H3. The molecular weight excluding hydrogens is 270 g/mol. The number of nitrogens with zero attached hydrogens (tertiary/aromatic N) is 3. The zero-order valence-corrected chi connectivity index (χ0v) is 13.9. The molecule has 1 aliphatic carbocycles. The summed E-state index contributed by atoms with van der Waals surface area (Å²) in [6, 6.07) is 0.838. The molecule has 1 saturated carbocycles. The first kappa shape index (κ1) is 16.8. The Hall–Kier alpha value is -1.57. The van der Waals surface area contributed by atoms with E-state index in [0.29, 0.717) is 0 Å². The summed E-state index contributed by atoms with van der Waals surface area (Å²) in [5.74, 6) is 0. The van der Waals surface area contributed by atoms with Crippen molar-refractivity contribution in [1.29, 1.82) is 0 Å². The molecular formula is C19H29N3. The number of hydrogen-bond acceptors (Lipinski definition) is 3. The lowest BCUT2D eigenvalue weighted by Crippen LogP contribution is -2.42. The lowest BCUT2D eigenvalue weighted by molar-refractivity contribution is 0.133. The molecule has 1 saturated heterocycles. The highest BCUT2D eigenvalue weighted by Crippen LogP contribution is 2.26. The second kappa shape index (κ2) is 8.77. The molecule has 2 aliphatic rings. The van der Waals surface area contributed by atoms with E-state index >= 15 is 0 Å². The van der Waals surface area contributed by atoms with Crippen LogP contribution in [-0.2, 0) is 0 Å². The van der Waals surface area contributed by atoms with Gasteiger partial charge in [0.25, 0.3) is 0 Å². The highest BCUT2D eigenvalue weighted by molar-refractivity contribution is 5.83. The third kappa shape index (κ3) is 4.46. The van der Waals surface area contributed by atoms with Crippen molar-refractivity contribution in [3.8, 4) is 0 Å². The fraction of sp³-hybridized carbons (Fsp3) is 0.579. The van der Waals surface area contributed by atoms with Gasteiger partial charge < -0.3 is 4.90 Å². The summed E-state index contributed by atoms with van der Waals surface area (Å²) in [5, 5.41) is 0. The third-order valence-electron chi connectivity index (χ3n) is 4.57. The van der Waals surface area contributed by atoms with Gasteiger partial charge in [0.05, 0.1) is 5.57 Å². The Morgan fingerprint density at radius 2 is 2.05 bits per heavy atom. The maximum absolute atomic E-state index is 4.35. The van der Waals surface area contributed by atoms with Crippen LogP contribution in [0.1, 0.15) is 32.6 Å². The lowest BCUT2D eigenvalue weighted by Gasteiger charge is -2.36. The van der Waals surface area contributed by atoms with Gasteiger partial charge in [0.1, 0.15) is 0 Å². The van der Waals surface area contributed by atoms with Gasteiger partial charge in [-0.3, -0.25) is 9.89 Å². The van der Waals surface area contributed by atoms with E-state index in [2.05, 4.69) is 33.7 Å². The van der Waals surface area contributed by atoms with E-state index in [1.165, 1.54) is 32.2 Å². The molecule has 0 unspecified atom stereocenters. The molecule has 0 aromatic rings. The second-order valence-corrected chi connectivity index (χ2v) is 6.00. The molecule has 120 valence electrons. The van der Waals surface area contributed by atoms with Gasteiger partial charge in [0, 0.05) is 50.7 Å². The van der Waals surface area contributed by atoms with Gasteiger partial charge in [-0.2, -0.15) is 0 Å². The van der Waals surface area contributed by atoms with Crippen molar-refractivity contribution in [3.63, 3.8) is 0 Å². The quantitative estimate of drug-likeness (QED) is 0.425. The van der Waals surface area contributed by atoms with Crippen molar-refractivity contribution < 1.29 is 0 Å². The maximum Gasteiger partial charge on any atom is 0.0570 e. The Morgan fingerprint density at radius 1 is 1.23 bits per heavy atom. The molecule has 0 N–H and O–H groups in total. The molecule has 0 aromatic carbocycles. The zero-order chi connectivity index (χ0) is 15.8. The number of allylic oxidation sites excluding steroid dienone is 2. The van der Waals surface area contributed by atoms with Crippen LogP contribution >= 0.6 is 0 Å². The van der Waals surface area contributed by atoms with Crippen molar-refractivity contribution in [2.75, 3.05) is 32.7 Å². The fourth-order valence-corrected chi connectivity index (χ4v) is 3.02. The molecule has 3 nitrogen and oxygen atoms in total. The van der Waals surface area contributed by atoms with Gasteiger partial charge >= 0.3 is 0 Å². The second-order valence-electron chi connectivity index (χ2n) is 6.00. The molecule has 3 heteroatoms. The van der Waals surface area contributed by atoms with E-state index in [9.17, 15) is 0 Å². The predicted octanol–water partition coefficient (Wildman–Crippen LogP) is 3.42. The SMILES string of the molecule is C=CC=C=C(C=NCC)C(=C)N1CCCN(C2CCC2)CC1. The largest absolute Gasteiger partial charge is 0.370 e. The number of aliphatic imine (C=N–C) groups is 1. The summed E-state index contributed by atoms with van der Waals surface area (Å²) in [7, 11) is 0.